The van der Waals surface area contributed by atoms with E-state index in [1.807, 2.05) is 25.7 Å². The predicted octanol–water partition coefficient (Wildman–Crippen LogP) is 0.776. The van der Waals surface area contributed by atoms with Crippen LogP contribution in [-0.2, 0) is 4.79 Å². The molecule has 2 fully saturated rings. The molecule has 1 N–H and O–H groups in total. The highest BCUT2D eigenvalue weighted by Crippen LogP contribution is 2.15. The van der Waals surface area contributed by atoms with E-state index in [-0.39, 0.29) is 6.04 Å². The van der Waals surface area contributed by atoms with E-state index in [1.165, 1.54) is 6.42 Å². The van der Waals surface area contributed by atoms with Crippen LogP contribution in [0, 0.1) is 0 Å². The summed E-state index contributed by atoms with van der Waals surface area (Å²) in [6, 6.07) is -0.00705. The Morgan fingerprint density at radius 3 is 2.14 bits per heavy atom. The van der Waals surface area contributed by atoms with Gasteiger partial charge in [-0.1, -0.05) is 0 Å². The highest BCUT2D eigenvalue weighted by Gasteiger charge is 2.30. The number of β-amino-alcohol motifs (C(OH)–C–C–N with tert-alkyl or cyclic N) is 1. The molecule has 5 heteroatoms. The van der Waals surface area contributed by atoms with Gasteiger partial charge in [0.2, 0.25) is 5.91 Å². The van der Waals surface area contributed by atoms with E-state index < -0.39 is 5.60 Å². The largest absolute Gasteiger partial charge is 0.389 e. The van der Waals surface area contributed by atoms with Crippen LogP contribution in [0.3, 0.4) is 0 Å². The van der Waals surface area contributed by atoms with Gasteiger partial charge in [-0.05, 0) is 40.0 Å². The Morgan fingerprint density at radius 2 is 1.62 bits per heavy atom. The van der Waals surface area contributed by atoms with Crippen LogP contribution < -0.4 is 0 Å². The van der Waals surface area contributed by atoms with Gasteiger partial charge < -0.3 is 10.0 Å². The average Bonchev–Trinajstić information content (AvgIpc) is 2.46. The molecule has 2 rings (SSSR count). The number of carbonyl (C=O) groups excluding carboxylic acids is 1. The second kappa shape index (κ2) is 7.07. The summed E-state index contributed by atoms with van der Waals surface area (Å²) < 4.78 is 0. The number of piperazine rings is 1. The second-order valence-electron chi connectivity index (χ2n) is 7.19. The smallest absolute Gasteiger partial charge is 0.239 e. The maximum Gasteiger partial charge on any atom is 0.239 e. The second-order valence-corrected chi connectivity index (χ2v) is 7.19. The monoisotopic (exact) mass is 297 g/mol. The molecular formula is C16H31N3O2. The third-order valence-corrected chi connectivity index (χ3v) is 4.59. The van der Waals surface area contributed by atoms with E-state index >= 15 is 0 Å². The zero-order valence-electron chi connectivity index (χ0n) is 13.8. The number of nitrogens with zero attached hydrogens (tertiary/aromatic N) is 3. The van der Waals surface area contributed by atoms with Crippen molar-refractivity contribution in [2.75, 3.05) is 45.8 Å². The summed E-state index contributed by atoms with van der Waals surface area (Å²) in [5, 5.41) is 9.89. The molecule has 122 valence electrons. The lowest BCUT2D eigenvalue weighted by Crippen LogP contribution is -2.56. The van der Waals surface area contributed by atoms with Gasteiger partial charge in [0, 0.05) is 45.8 Å². The van der Waals surface area contributed by atoms with Crippen molar-refractivity contribution in [1.82, 2.24) is 14.7 Å². The summed E-state index contributed by atoms with van der Waals surface area (Å²) in [5.74, 6) is 0.297. The zero-order chi connectivity index (χ0) is 15.5. The minimum atomic E-state index is -0.641. The molecule has 5 nitrogen and oxygen atoms in total. The normalized spacial score (nSPS) is 24.1. The summed E-state index contributed by atoms with van der Waals surface area (Å²) in [7, 11) is 0. The Bertz CT molecular complexity index is 340. The first-order valence-corrected chi connectivity index (χ1v) is 8.34. The Morgan fingerprint density at radius 1 is 1.05 bits per heavy atom. The first kappa shape index (κ1) is 16.7. The molecule has 2 aliphatic rings. The fraction of sp³-hybridized carbons (Fsp3) is 0.938. The van der Waals surface area contributed by atoms with Crippen LogP contribution in [0.25, 0.3) is 0 Å². The van der Waals surface area contributed by atoms with Gasteiger partial charge in [0.05, 0.1) is 11.6 Å². The lowest BCUT2D eigenvalue weighted by molar-refractivity contribution is -0.138. The molecule has 0 aliphatic carbocycles. The van der Waals surface area contributed by atoms with Crippen LogP contribution >= 0.6 is 0 Å². The van der Waals surface area contributed by atoms with Crippen molar-refractivity contribution in [3.63, 3.8) is 0 Å². The van der Waals surface area contributed by atoms with Crippen LogP contribution in [0.4, 0.5) is 0 Å². The predicted molar refractivity (Wildman–Crippen MR) is 84.2 cm³/mol. The molecule has 0 radical (unpaired) electrons. The van der Waals surface area contributed by atoms with Crippen LogP contribution in [0.15, 0.2) is 0 Å². The molecule has 0 aromatic rings. The summed E-state index contributed by atoms with van der Waals surface area (Å²) in [6.45, 7) is 12.0. The fourth-order valence-corrected chi connectivity index (χ4v) is 3.39. The third-order valence-electron chi connectivity index (χ3n) is 4.59. The van der Waals surface area contributed by atoms with Crippen molar-refractivity contribution < 1.29 is 9.90 Å². The number of carbonyl (C=O) groups is 1. The van der Waals surface area contributed by atoms with Gasteiger partial charge in [-0.25, -0.2) is 0 Å². The van der Waals surface area contributed by atoms with Crippen molar-refractivity contribution in [1.29, 1.82) is 0 Å². The number of hydrogen-bond acceptors (Lipinski definition) is 4. The van der Waals surface area contributed by atoms with E-state index in [1.54, 1.807) is 0 Å². The highest BCUT2D eigenvalue weighted by atomic mass is 16.3. The maximum absolute atomic E-state index is 12.5. The molecule has 2 heterocycles. The zero-order valence-corrected chi connectivity index (χ0v) is 13.8. The van der Waals surface area contributed by atoms with Gasteiger partial charge in [-0.15, -0.1) is 0 Å². The molecule has 2 saturated heterocycles. The van der Waals surface area contributed by atoms with E-state index in [9.17, 15) is 9.90 Å². The molecule has 2 aliphatic heterocycles. The van der Waals surface area contributed by atoms with Crippen LogP contribution in [0.5, 0.6) is 0 Å². The molecule has 0 bridgehead atoms. The number of rotatable bonds is 4. The molecular weight excluding hydrogens is 266 g/mol. The van der Waals surface area contributed by atoms with Gasteiger partial charge in [-0.3, -0.25) is 14.6 Å². The number of likely N-dealkylation sites (tertiary alicyclic amines) is 1. The van der Waals surface area contributed by atoms with Crippen molar-refractivity contribution in [2.24, 2.45) is 0 Å². The Kier molecular flexibility index (Phi) is 5.63. The van der Waals surface area contributed by atoms with Crippen molar-refractivity contribution >= 4 is 5.91 Å². The molecule has 0 aromatic carbocycles. The summed E-state index contributed by atoms with van der Waals surface area (Å²) >= 11 is 0. The number of piperidine rings is 1. The first-order valence-electron chi connectivity index (χ1n) is 8.34. The highest BCUT2D eigenvalue weighted by molar-refractivity contribution is 5.81. The lowest BCUT2D eigenvalue weighted by atomic mass is 10.1. The SMILES string of the molecule is CC(C(=O)N1CCCCC1)N1CCN(CC(C)(C)O)CC1. The van der Waals surface area contributed by atoms with Gasteiger partial charge in [0.15, 0.2) is 0 Å². The minimum Gasteiger partial charge on any atom is -0.389 e. The summed E-state index contributed by atoms with van der Waals surface area (Å²) in [4.78, 5) is 19.2. The molecule has 0 aromatic heterocycles. The quantitative estimate of drug-likeness (QED) is 0.833. The molecule has 1 atom stereocenters. The Labute approximate surface area is 128 Å². The number of aliphatic hydroxyl groups is 1. The topological polar surface area (TPSA) is 47.0 Å². The third kappa shape index (κ3) is 4.94. The number of hydrogen-bond donors (Lipinski definition) is 1. The van der Waals surface area contributed by atoms with Crippen LogP contribution in [0.1, 0.15) is 40.0 Å². The van der Waals surface area contributed by atoms with E-state index in [4.69, 9.17) is 0 Å². The van der Waals surface area contributed by atoms with Gasteiger partial charge >= 0.3 is 0 Å². The standard InChI is InChI=1S/C16H31N3O2/c1-14(15(20)19-7-5-4-6-8-19)18-11-9-17(10-12-18)13-16(2,3)21/h14,21H,4-13H2,1-3H3. The van der Waals surface area contributed by atoms with Crippen molar-refractivity contribution in [2.45, 2.75) is 51.7 Å². The Hall–Kier alpha value is -0.650. The molecule has 21 heavy (non-hydrogen) atoms. The van der Waals surface area contributed by atoms with Gasteiger partial charge in [0.25, 0.3) is 0 Å². The van der Waals surface area contributed by atoms with Gasteiger partial charge in [-0.2, -0.15) is 0 Å². The minimum absolute atomic E-state index is 0.00705. The first-order chi connectivity index (χ1) is 9.87. The van der Waals surface area contributed by atoms with Crippen LogP contribution in [0.2, 0.25) is 0 Å². The lowest BCUT2D eigenvalue weighted by Gasteiger charge is -2.41. The molecule has 0 saturated carbocycles. The van der Waals surface area contributed by atoms with E-state index in [0.717, 1.165) is 52.1 Å². The van der Waals surface area contributed by atoms with Crippen LogP contribution in [-0.4, -0.2) is 83.2 Å². The van der Waals surface area contributed by atoms with Gasteiger partial charge in [0.1, 0.15) is 0 Å². The van der Waals surface area contributed by atoms with Crippen molar-refractivity contribution in [3.8, 4) is 0 Å². The fourth-order valence-electron chi connectivity index (χ4n) is 3.39. The summed E-state index contributed by atoms with van der Waals surface area (Å²) in [6.07, 6.45) is 3.56. The Balaban J connectivity index is 1.79. The van der Waals surface area contributed by atoms with E-state index in [0.29, 0.717) is 12.5 Å². The summed E-state index contributed by atoms with van der Waals surface area (Å²) in [5.41, 5.74) is -0.641. The molecule has 1 amide bonds. The maximum atomic E-state index is 12.5. The van der Waals surface area contributed by atoms with Crippen molar-refractivity contribution in [3.05, 3.63) is 0 Å². The molecule has 0 spiro atoms. The molecule has 1 unspecified atom stereocenters. The van der Waals surface area contributed by atoms with E-state index in [2.05, 4.69) is 9.80 Å². The average molecular weight is 297 g/mol. The number of amides is 1.